The van der Waals surface area contributed by atoms with E-state index in [0.29, 0.717) is 0 Å². The van der Waals surface area contributed by atoms with E-state index in [4.69, 9.17) is 4.74 Å². The minimum absolute atomic E-state index is 0.222. The normalized spacial score (nSPS) is 31.9. The van der Waals surface area contributed by atoms with Gasteiger partial charge in [0.15, 0.2) is 0 Å². The Morgan fingerprint density at radius 1 is 1.19 bits per heavy atom. The summed E-state index contributed by atoms with van der Waals surface area (Å²) in [6.45, 7) is 5.65. The van der Waals surface area contributed by atoms with E-state index < -0.39 is 23.9 Å². The molecule has 1 aromatic heterocycles. The summed E-state index contributed by atoms with van der Waals surface area (Å²) in [5, 5.41) is 30.2. The number of benzene rings is 1. The maximum absolute atomic E-state index is 10.5. The van der Waals surface area contributed by atoms with Crippen LogP contribution in [-0.4, -0.2) is 40.2 Å². The van der Waals surface area contributed by atoms with Crippen molar-refractivity contribution < 1.29 is 62.8 Å². The van der Waals surface area contributed by atoms with Crippen molar-refractivity contribution in [3.05, 3.63) is 51.2 Å². The Balaban J connectivity index is 1.96. The first-order chi connectivity index (χ1) is 12.3. The Hall–Kier alpha value is 0.228. The quantitative estimate of drug-likeness (QED) is 0.507. The second kappa shape index (κ2) is 8.30. The molecule has 6 heteroatoms. The molecule has 26 heavy (non-hydrogen) atoms. The van der Waals surface area contributed by atoms with Gasteiger partial charge >= 0.3 is 190 Å². The van der Waals surface area contributed by atoms with Crippen LogP contribution in [0.4, 0.5) is 0 Å². The van der Waals surface area contributed by atoms with Crippen molar-refractivity contribution in [1.29, 1.82) is 0 Å². The average molecular weight is 588 g/mol. The fourth-order valence-electron chi connectivity index (χ4n) is 3.75. The Labute approximate surface area is 188 Å². The van der Waals surface area contributed by atoms with Crippen LogP contribution in [0.1, 0.15) is 34.7 Å². The van der Waals surface area contributed by atoms with Gasteiger partial charge in [0.25, 0.3) is 0 Å². The number of hydrogen-bond acceptors (Lipinski definition) is 5. The third-order valence-electron chi connectivity index (χ3n) is 5.77. The van der Waals surface area contributed by atoms with E-state index in [-0.39, 0.29) is 55.3 Å². The van der Waals surface area contributed by atoms with Crippen LogP contribution < -0.4 is 0.604 Å². The van der Waals surface area contributed by atoms with Crippen LogP contribution in [0.5, 0.6) is 0 Å². The Bertz CT molecular complexity index is 775. The second-order valence-electron chi connectivity index (χ2n) is 7.55. The summed E-state index contributed by atoms with van der Waals surface area (Å²) in [6, 6.07) is 10.8. The van der Waals surface area contributed by atoms with Crippen LogP contribution >= 0.6 is 11.3 Å². The van der Waals surface area contributed by atoms with E-state index in [1.54, 1.807) is 0 Å². The van der Waals surface area contributed by atoms with Crippen molar-refractivity contribution in [3.8, 4) is 0 Å². The van der Waals surface area contributed by atoms with Gasteiger partial charge < -0.3 is 0 Å². The Morgan fingerprint density at radius 3 is 2.54 bits per heavy atom. The van der Waals surface area contributed by atoms with Crippen LogP contribution in [0.15, 0.2) is 30.3 Å². The summed E-state index contributed by atoms with van der Waals surface area (Å²) in [5.74, 6) is -0.287. The molecule has 0 saturated carbocycles. The number of aliphatic hydroxyl groups is 3. The first-order valence-electron chi connectivity index (χ1n) is 9.06. The molecule has 0 amide bonds. The third-order valence-corrected chi connectivity index (χ3v) is 10.8. The van der Waals surface area contributed by atoms with E-state index in [0.717, 1.165) is 12.0 Å². The standard InChI is InChI=1S/C20H25O4S.Ra.H/c1-12-7-8-16(25-12)10-14-5-4-6-15(9-14)20(3)13(2)18(22)19(23)17(11-21)24-20;;/h4,6-9,13,17-19,21-23H,10-11H2,1-3H3;;/t13-,17-,18-,19-,20?;;/m1../s1. The number of ether oxygens (including phenoxy) is 1. The van der Waals surface area contributed by atoms with Gasteiger partial charge in [-0.2, -0.15) is 0 Å². The molecule has 1 aliphatic heterocycles. The van der Waals surface area contributed by atoms with E-state index in [1.807, 2.05) is 25.2 Å². The molecule has 1 unspecified atom stereocenters. The van der Waals surface area contributed by atoms with Gasteiger partial charge in [-0.25, -0.2) is 0 Å². The monoisotopic (exact) mass is 588 g/mol. The van der Waals surface area contributed by atoms with Gasteiger partial charge in [-0.15, -0.1) is 0 Å². The molecule has 4 nitrogen and oxygen atoms in total. The molecule has 1 aromatic carbocycles. The van der Waals surface area contributed by atoms with E-state index in [1.165, 1.54) is 15.9 Å². The van der Waals surface area contributed by atoms with Crippen molar-refractivity contribution in [2.75, 3.05) is 6.61 Å². The molecule has 138 valence electrons. The average Bonchev–Trinajstić information content (AvgIpc) is 3.03. The van der Waals surface area contributed by atoms with Crippen LogP contribution in [0.3, 0.4) is 0 Å². The molecule has 1 saturated heterocycles. The van der Waals surface area contributed by atoms with Crippen LogP contribution in [0.2, 0.25) is 0 Å². The molecular formula is C20H26O4RaS. The molecule has 5 atom stereocenters. The second-order valence-corrected chi connectivity index (χ2v) is 13.3. The summed E-state index contributed by atoms with van der Waals surface area (Å²) in [5.41, 5.74) is 1.57. The topological polar surface area (TPSA) is 69.9 Å². The molecule has 3 rings (SSSR count). The first-order valence-corrected chi connectivity index (χ1v) is 14.0. The molecule has 0 radical (unpaired) electrons. The number of thiophene rings is 1. The molecule has 2 aromatic rings. The van der Waals surface area contributed by atoms with Gasteiger partial charge in [0, 0.05) is 0 Å². The van der Waals surface area contributed by atoms with Crippen LogP contribution in [0, 0.1) is 55.6 Å². The molecule has 0 aliphatic carbocycles. The molecule has 1 aliphatic rings. The maximum atomic E-state index is 10.5. The van der Waals surface area contributed by atoms with Crippen LogP contribution in [0.25, 0.3) is 0 Å². The van der Waals surface area contributed by atoms with Gasteiger partial charge in [-0.05, 0) is 0 Å². The first kappa shape index (κ1) is 20.9. The fraction of sp³-hybridized carbons (Fsp3) is 0.500. The van der Waals surface area contributed by atoms with Gasteiger partial charge in [0.2, 0.25) is 0 Å². The third kappa shape index (κ3) is 3.99. The number of aliphatic hydroxyl groups excluding tert-OH is 3. The predicted molar refractivity (Wildman–Crippen MR) is 99.8 cm³/mol. The van der Waals surface area contributed by atoms with Crippen molar-refractivity contribution in [3.63, 3.8) is 0 Å². The zero-order valence-electron chi connectivity index (χ0n) is 15.8. The summed E-state index contributed by atoms with van der Waals surface area (Å²) in [7, 11) is 0. The summed E-state index contributed by atoms with van der Waals surface area (Å²) in [4.78, 5) is 2.67. The molecule has 0 spiro atoms. The Kier molecular flexibility index (Phi) is 6.69. The van der Waals surface area contributed by atoms with Crippen LogP contribution in [-0.2, 0) is 16.8 Å². The van der Waals surface area contributed by atoms with Gasteiger partial charge in [0.05, 0.1) is 0 Å². The SMILES string of the molecule is Cc1ccc(Cc2cc(C3(C)O[C@H](CO)[C@@H](O)[C@H](O)[C@H]3C)cc[c]2[RaH])s1. The van der Waals surface area contributed by atoms with Crippen molar-refractivity contribution in [1.82, 2.24) is 0 Å². The van der Waals surface area contributed by atoms with Gasteiger partial charge in [-0.3, -0.25) is 0 Å². The van der Waals surface area contributed by atoms with E-state index in [2.05, 4.69) is 37.3 Å². The summed E-state index contributed by atoms with van der Waals surface area (Å²) in [6.07, 6.45) is -1.87. The summed E-state index contributed by atoms with van der Waals surface area (Å²) < 4.78 is 7.56. The molecule has 2 heterocycles. The molecular weight excluding hydrogens is 562 g/mol. The number of aryl methyl sites for hydroxylation is 1. The predicted octanol–water partition coefficient (Wildman–Crippen LogP) is 1.52. The minimum atomic E-state index is -1.07. The fourth-order valence-corrected chi connectivity index (χ4v) is 6.67. The number of hydrogen-bond donors (Lipinski definition) is 3. The Morgan fingerprint density at radius 2 is 1.92 bits per heavy atom. The van der Waals surface area contributed by atoms with E-state index >= 15 is 0 Å². The molecule has 3 N–H and O–H groups in total. The van der Waals surface area contributed by atoms with Gasteiger partial charge in [0.1, 0.15) is 0 Å². The van der Waals surface area contributed by atoms with Crippen molar-refractivity contribution >= 4 is 11.9 Å². The zero-order valence-corrected chi connectivity index (χ0v) is 24.8. The zero-order chi connectivity index (χ0) is 19.1. The van der Waals surface area contributed by atoms with Crippen molar-refractivity contribution in [2.24, 2.45) is 5.92 Å². The number of rotatable bonds is 4. The summed E-state index contributed by atoms with van der Waals surface area (Å²) >= 11 is 2.05. The molecule has 0 bridgehead atoms. The van der Waals surface area contributed by atoms with Crippen molar-refractivity contribution in [2.45, 2.75) is 51.1 Å². The molecule has 1 fully saturated rings. The van der Waals surface area contributed by atoms with E-state index in [9.17, 15) is 15.3 Å². The van der Waals surface area contributed by atoms with Gasteiger partial charge in [-0.1, -0.05) is 0 Å².